The third-order valence-corrected chi connectivity index (χ3v) is 2.64. The number of esters is 1. The first kappa shape index (κ1) is 16.5. The number of likely N-dealkylation sites (N-methyl/N-ethyl adjacent to an activating group) is 1. The summed E-state index contributed by atoms with van der Waals surface area (Å²) < 4.78 is 10.4. The molecule has 1 N–H and O–H groups in total. The van der Waals surface area contributed by atoms with Crippen LogP contribution < -0.4 is 10.1 Å². The van der Waals surface area contributed by atoms with Gasteiger partial charge >= 0.3 is 5.97 Å². The van der Waals surface area contributed by atoms with Gasteiger partial charge in [0.1, 0.15) is 5.75 Å². The van der Waals surface area contributed by atoms with Gasteiger partial charge in [-0.15, -0.1) is 0 Å². The Hall–Kier alpha value is -2.55. The average molecular weight is 290 g/mol. The number of nitrogens with one attached hydrogen (secondary N) is 1. The van der Waals surface area contributed by atoms with Crippen molar-refractivity contribution in [2.75, 3.05) is 6.54 Å². The second kappa shape index (κ2) is 7.90. The van der Waals surface area contributed by atoms with Crippen LogP contribution in [-0.4, -0.2) is 30.6 Å². The van der Waals surface area contributed by atoms with Crippen molar-refractivity contribution in [1.82, 2.24) is 5.32 Å². The van der Waals surface area contributed by atoms with E-state index < -0.39 is 18.2 Å². The molecule has 0 aliphatic rings. The van der Waals surface area contributed by atoms with Gasteiger partial charge in [0.05, 0.1) is 11.6 Å². The van der Waals surface area contributed by atoms with Crippen LogP contribution in [0.5, 0.6) is 5.75 Å². The summed E-state index contributed by atoms with van der Waals surface area (Å²) in [6.07, 6.45) is -1.72. The number of carbonyl (C=O) groups is 2. The minimum absolute atomic E-state index is 0.351. The second-order valence-corrected chi connectivity index (χ2v) is 4.37. The number of nitrogens with zero attached hydrogens (tertiary/aromatic N) is 1. The molecule has 1 rings (SSSR count). The smallest absolute Gasteiger partial charge is 0.347 e. The molecule has 0 saturated heterocycles. The Bertz CT molecular complexity index is 534. The van der Waals surface area contributed by atoms with Crippen molar-refractivity contribution >= 4 is 11.9 Å². The number of rotatable bonds is 6. The molecule has 0 spiro atoms. The van der Waals surface area contributed by atoms with E-state index in [0.717, 1.165) is 0 Å². The molecule has 0 unspecified atom stereocenters. The molecule has 0 radical (unpaired) electrons. The standard InChI is InChI=1S/C15H18N2O4/c1-4-17-14(18)10(2)21-15(19)11(3)20-13-7-5-12(9-16)6-8-13/h5-8,10-11H,4H2,1-3H3,(H,17,18)/t10-,11-/m0/s1. The van der Waals surface area contributed by atoms with Crippen molar-refractivity contribution in [2.45, 2.75) is 33.0 Å². The van der Waals surface area contributed by atoms with Crippen molar-refractivity contribution in [2.24, 2.45) is 0 Å². The van der Waals surface area contributed by atoms with Crippen LogP contribution in [0.25, 0.3) is 0 Å². The molecule has 6 heteroatoms. The fourth-order valence-electron chi connectivity index (χ4n) is 1.50. The molecule has 1 amide bonds. The first-order valence-corrected chi connectivity index (χ1v) is 6.63. The van der Waals surface area contributed by atoms with E-state index in [0.29, 0.717) is 17.9 Å². The van der Waals surface area contributed by atoms with Gasteiger partial charge in [0, 0.05) is 6.54 Å². The van der Waals surface area contributed by atoms with E-state index in [1.807, 2.05) is 6.07 Å². The zero-order valence-electron chi connectivity index (χ0n) is 12.3. The Morgan fingerprint density at radius 3 is 2.38 bits per heavy atom. The maximum Gasteiger partial charge on any atom is 0.347 e. The predicted octanol–water partition coefficient (Wildman–Crippen LogP) is 1.39. The van der Waals surface area contributed by atoms with Gasteiger partial charge in [0.15, 0.2) is 12.2 Å². The van der Waals surface area contributed by atoms with Crippen molar-refractivity contribution in [1.29, 1.82) is 5.26 Å². The van der Waals surface area contributed by atoms with Crippen LogP contribution in [0.2, 0.25) is 0 Å². The molecule has 0 aliphatic heterocycles. The summed E-state index contributed by atoms with van der Waals surface area (Å²) in [5, 5.41) is 11.3. The number of nitriles is 1. The van der Waals surface area contributed by atoms with Gasteiger partial charge < -0.3 is 14.8 Å². The van der Waals surface area contributed by atoms with Crippen molar-refractivity contribution < 1.29 is 19.1 Å². The molecule has 1 aromatic carbocycles. The van der Waals surface area contributed by atoms with Crippen molar-refractivity contribution in [3.8, 4) is 11.8 Å². The Morgan fingerprint density at radius 1 is 1.24 bits per heavy atom. The summed E-state index contributed by atoms with van der Waals surface area (Å²) in [5.74, 6) is -0.529. The lowest BCUT2D eigenvalue weighted by molar-refractivity contribution is -0.160. The Balaban J connectivity index is 2.54. The second-order valence-electron chi connectivity index (χ2n) is 4.37. The molecular formula is C15H18N2O4. The van der Waals surface area contributed by atoms with Gasteiger partial charge in [-0.05, 0) is 45.0 Å². The van der Waals surface area contributed by atoms with Crippen LogP contribution in [0.4, 0.5) is 0 Å². The number of hydrogen-bond donors (Lipinski definition) is 1. The zero-order chi connectivity index (χ0) is 15.8. The van der Waals surface area contributed by atoms with Crippen LogP contribution in [0.3, 0.4) is 0 Å². The normalized spacial score (nSPS) is 12.7. The summed E-state index contributed by atoms with van der Waals surface area (Å²) in [4.78, 5) is 23.3. The van der Waals surface area contributed by atoms with Crippen LogP contribution in [-0.2, 0) is 14.3 Å². The van der Waals surface area contributed by atoms with Gasteiger partial charge in [-0.1, -0.05) is 0 Å². The zero-order valence-corrected chi connectivity index (χ0v) is 12.3. The van der Waals surface area contributed by atoms with E-state index in [1.54, 1.807) is 31.2 Å². The minimum atomic E-state index is -0.871. The monoisotopic (exact) mass is 290 g/mol. The number of amides is 1. The van der Waals surface area contributed by atoms with E-state index in [4.69, 9.17) is 14.7 Å². The molecule has 0 fully saturated rings. The number of carbonyl (C=O) groups excluding carboxylic acids is 2. The molecule has 6 nitrogen and oxygen atoms in total. The largest absolute Gasteiger partial charge is 0.479 e. The van der Waals surface area contributed by atoms with E-state index >= 15 is 0 Å². The molecule has 112 valence electrons. The summed E-state index contributed by atoms with van der Waals surface area (Å²) in [7, 11) is 0. The van der Waals surface area contributed by atoms with Gasteiger partial charge in [-0.25, -0.2) is 4.79 Å². The van der Waals surface area contributed by atoms with Crippen molar-refractivity contribution in [3.63, 3.8) is 0 Å². The Labute approximate surface area is 123 Å². The predicted molar refractivity (Wildman–Crippen MR) is 75.5 cm³/mol. The van der Waals surface area contributed by atoms with Crippen LogP contribution >= 0.6 is 0 Å². The summed E-state index contributed by atoms with van der Waals surface area (Å²) in [6.45, 7) is 5.28. The van der Waals surface area contributed by atoms with E-state index in [-0.39, 0.29) is 5.91 Å². The van der Waals surface area contributed by atoms with Gasteiger partial charge in [0.25, 0.3) is 5.91 Å². The van der Waals surface area contributed by atoms with Gasteiger partial charge in [-0.3, -0.25) is 4.79 Å². The molecule has 0 aromatic heterocycles. The average Bonchev–Trinajstić information content (AvgIpc) is 2.48. The summed E-state index contributed by atoms with van der Waals surface area (Å²) in [5.41, 5.74) is 0.502. The SMILES string of the molecule is CCNC(=O)[C@H](C)OC(=O)[C@H](C)Oc1ccc(C#N)cc1. The maximum atomic E-state index is 11.8. The topological polar surface area (TPSA) is 88.4 Å². The number of benzene rings is 1. The fourth-order valence-corrected chi connectivity index (χ4v) is 1.50. The Morgan fingerprint density at radius 2 is 1.86 bits per heavy atom. The molecule has 21 heavy (non-hydrogen) atoms. The van der Waals surface area contributed by atoms with E-state index in [2.05, 4.69) is 5.32 Å². The highest BCUT2D eigenvalue weighted by Crippen LogP contribution is 2.14. The van der Waals surface area contributed by atoms with Crippen LogP contribution in [0, 0.1) is 11.3 Å². The van der Waals surface area contributed by atoms with Gasteiger partial charge in [-0.2, -0.15) is 5.26 Å². The molecule has 0 bridgehead atoms. The highest BCUT2D eigenvalue weighted by atomic mass is 16.6. The fraction of sp³-hybridized carbons (Fsp3) is 0.400. The van der Waals surface area contributed by atoms with Crippen LogP contribution in [0.15, 0.2) is 24.3 Å². The van der Waals surface area contributed by atoms with Crippen molar-refractivity contribution in [3.05, 3.63) is 29.8 Å². The van der Waals surface area contributed by atoms with E-state index in [1.165, 1.54) is 13.8 Å². The minimum Gasteiger partial charge on any atom is -0.479 e. The van der Waals surface area contributed by atoms with E-state index in [9.17, 15) is 9.59 Å². The molecule has 0 saturated carbocycles. The summed E-state index contributed by atoms with van der Waals surface area (Å²) >= 11 is 0. The number of ether oxygens (including phenoxy) is 2. The lowest BCUT2D eigenvalue weighted by Crippen LogP contribution is -2.38. The third kappa shape index (κ3) is 5.15. The lowest BCUT2D eigenvalue weighted by Gasteiger charge is -2.17. The van der Waals surface area contributed by atoms with Crippen LogP contribution in [0.1, 0.15) is 26.3 Å². The first-order chi connectivity index (χ1) is 9.97. The quantitative estimate of drug-likeness (QED) is 0.800. The first-order valence-electron chi connectivity index (χ1n) is 6.63. The Kier molecular flexibility index (Phi) is 6.21. The molecule has 0 aliphatic carbocycles. The number of hydrogen-bond acceptors (Lipinski definition) is 5. The molecule has 2 atom stereocenters. The third-order valence-electron chi connectivity index (χ3n) is 2.64. The molecule has 0 heterocycles. The van der Waals surface area contributed by atoms with Gasteiger partial charge in [0.2, 0.25) is 0 Å². The maximum absolute atomic E-state index is 11.8. The molecule has 1 aromatic rings. The lowest BCUT2D eigenvalue weighted by atomic mass is 10.2. The summed E-state index contributed by atoms with van der Waals surface area (Å²) in [6, 6.07) is 8.35. The molecular weight excluding hydrogens is 272 g/mol. The highest BCUT2D eigenvalue weighted by Gasteiger charge is 2.22. The highest BCUT2D eigenvalue weighted by molar-refractivity contribution is 5.84.